The molecule has 1 aliphatic heterocycles. The van der Waals surface area contributed by atoms with Crippen molar-refractivity contribution in [3.05, 3.63) is 22.8 Å². The first-order chi connectivity index (χ1) is 7.97. The Bertz CT molecular complexity index is 506. The fraction of sp³-hybridized carbons (Fsp3) is 0.500. The fourth-order valence-corrected chi connectivity index (χ4v) is 2.93. The molecule has 7 heteroatoms. The van der Waals surface area contributed by atoms with Gasteiger partial charge in [-0.3, -0.25) is 0 Å². The smallest absolute Gasteiger partial charge is 0.228 e. The first-order valence-electron chi connectivity index (χ1n) is 5.19. The molecule has 1 aromatic rings. The lowest BCUT2D eigenvalue weighted by atomic mass is 10.3. The molecular formula is C10H13BrN2O3S. The number of rotatable bonds is 3. The molecule has 1 aliphatic rings. The summed E-state index contributed by atoms with van der Waals surface area (Å²) in [6.45, 7) is 0.899. The molecule has 94 valence electrons. The highest BCUT2D eigenvalue weighted by atomic mass is 79.9. The lowest BCUT2D eigenvalue weighted by Crippen LogP contribution is -2.30. The van der Waals surface area contributed by atoms with Crippen molar-refractivity contribution in [2.24, 2.45) is 0 Å². The molecule has 1 fully saturated rings. The van der Waals surface area contributed by atoms with Gasteiger partial charge in [-0.05, 0) is 34.5 Å². The summed E-state index contributed by atoms with van der Waals surface area (Å²) in [6.07, 6.45) is 3.42. The van der Waals surface area contributed by atoms with Crippen LogP contribution in [0.1, 0.15) is 6.42 Å². The summed E-state index contributed by atoms with van der Waals surface area (Å²) in [5, 5.41) is 0. The van der Waals surface area contributed by atoms with Crippen molar-refractivity contribution in [1.82, 2.24) is 9.29 Å². The van der Waals surface area contributed by atoms with Gasteiger partial charge in [0.1, 0.15) is 6.10 Å². The van der Waals surface area contributed by atoms with Gasteiger partial charge in [-0.25, -0.2) is 13.4 Å². The predicted molar refractivity (Wildman–Crippen MR) is 67.4 cm³/mol. The highest BCUT2D eigenvalue weighted by Crippen LogP contribution is 2.24. The number of hydrogen-bond acceptors (Lipinski definition) is 4. The Balaban J connectivity index is 2.02. The summed E-state index contributed by atoms with van der Waals surface area (Å²) in [4.78, 5) is 4.09. The normalized spacial score (nSPS) is 21.6. The van der Waals surface area contributed by atoms with Crippen LogP contribution < -0.4 is 4.74 Å². The molecule has 0 N–H and O–H groups in total. The van der Waals surface area contributed by atoms with Crippen molar-refractivity contribution < 1.29 is 13.2 Å². The first-order valence-corrected chi connectivity index (χ1v) is 7.83. The molecule has 5 nitrogen and oxygen atoms in total. The lowest BCUT2D eigenvalue weighted by molar-refractivity contribution is 0.205. The Labute approximate surface area is 109 Å². The van der Waals surface area contributed by atoms with Crippen LogP contribution in [0.3, 0.4) is 0 Å². The second-order valence-corrected chi connectivity index (χ2v) is 6.78. The number of nitrogens with zero attached hydrogens (tertiary/aromatic N) is 2. The Morgan fingerprint density at radius 1 is 1.59 bits per heavy atom. The van der Waals surface area contributed by atoms with E-state index < -0.39 is 10.0 Å². The topological polar surface area (TPSA) is 59.5 Å². The third-order valence-electron chi connectivity index (χ3n) is 2.58. The zero-order chi connectivity index (χ0) is 12.5. The van der Waals surface area contributed by atoms with Gasteiger partial charge in [-0.15, -0.1) is 0 Å². The third kappa shape index (κ3) is 3.17. The van der Waals surface area contributed by atoms with Gasteiger partial charge < -0.3 is 4.74 Å². The van der Waals surface area contributed by atoms with Gasteiger partial charge in [0.15, 0.2) is 0 Å². The van der Waals surface area contributed by atoms with Crippen LogP contribution in [0.15, 0.2) is 22.8 Å². The van der Waals surface area contributed by atoms with E-state index in [1.165, 1.54) is 10.6 Å². The number of hydrogen-bond donors (Lipinski definition) is 0. The van der Waals surface area contributed by atoms with E-state index in [4.69, 9.17) is 4.74 Å². The van der Waals surface area contributed by atoms with Crippen molar-refractivity contribution in [3.8, 4) is 5.88 Å². The summed E-state index contributed by atoms with van der Waals surface area (Å²) >= 11 is 3.34. The molecule has 0 radical (unpaired) electrons. The standard InChI is InChI=1S/C10H13BrN2O3S/c1-17(14,15)13-6-4-8(7-13)16-10-9(11)3-2-5-12-10/h2-3,5,8H,4,6-7H2,1H3/t8-/m1/s1. The average molecular weight is 321 g/mol. The van der Waals surface area contributed by atoms with Gasteiger partial charge >= 0.3 is 0 Å². The Morgan fingerprint density at radius 3 is 2.94 bits per heavy atom. The number of halogens is 1. The van der Waals surface area contributed by atoms with Crippen LogP contribution in [0.5, 0.6) is 5.88 Å². The third-order valence-corrected chi connectivity index (χ3v) is 4.45. The summed E-state index contributed by atoms with van der Waals surface area (Å²) in [6, 6.07) is 3.64. The fourth-order valence-electron chi connectivity index (χ4n) is 1.71. The predicted octanol–water partition coefficient (Wildman–Crippen LogP) is 1.26. The van der Waals surface area contributed by atoms with E-state index in [0.29, 0.717) is 25.4 Å². The SMILES string of the molecule is CS(=O)(=O)N1CC[C@@H](Oc2ncccc2Br)C1. The molecular weight excluding hydrogens is 308 g/mol. The zero-order valence-corrected chi connectivity index (χ0v) is 11.7. The number of ether oxygens (including phenoxy) is 1. The van der Waals surface area contributed by atoms with E-state index in [1.54, 1.807) is 12.3 Å². The molecule has 1 saturated heterocycles. The van der Waals surface area contributed by atoms with Gasteiger partial charge in [-0.2, -0.15) is 4.31 Å². The van der Waals surface area contributed by atoms with Gasteiger partial charge in [0, 0.05) is 12.7 Å². The van der Waals surface area contributed by atoms with Crippen LogP contribution in [0, 0.1) is 0 Å². The van der Waals surface area contributed by atoms with Crippen LogP contribution in [0.4, 0.5) is 0 Å². The molecule has 17 heavy (non-hydrogen) atoms. The van der Waals surface area contributed by atoms with Crippen molar-refractivity contribution >= 4 is 26.0 Å². The van der Waals surface area contributed by atoms with Gasteiger partial charge in [0.05, 0.1) is 17.3 Å². The number of aromatic nitrogens is 1. The number of sulfonamides is 1. The maximum absolute atomic E-state index is 11.3. The van der Waals surface area contributed by atoms with E-state index in [-0.39, 0.29) is 6.10 Å². The quantitative estimate of drug-likeness (QED) is 0.841. The van der Waals surface area contributed by atoms with Crippen molar-refractivity contribution in [3.63, 3.8) is 0 Å². The molecule has 0 aromatic carbocycles. The molecule has 1 atom stereocenters. The minimum Gasteiger partial charge on any atom is -0.472 e. The van der Waals surface area contributed by atoms with Crippen LogP contribution in [-0.2, 0) is 10.0 Å². The van der Waals surface area contributed by atoms with Crippen LogP contribution >= 0.6 is 15.9 Å². The van der Waals surface area contributed by atoms with E-state index in [0.717, 1.165) is 4.47 Å². The number of pyridine rings is 1. The summed E-state index contributed by atoms with van der Waals surface area (Å²) in [5.74, 6) is 0.507. The second-order valence-electron chi connectivity index (χ2n) is 3.94. The monoisotopic (exact) mass is 320 g/mol. The summed E-state index contributed by atoms with van der Waals surface area (Å²) < 4.78 is 30.6. The van der Waals surface area contributed by atoms with Crippen LogP contribution in [0.2, 0.25) is 0 Å². The molecule has 0 aliphatic carbocycles. The van der Waals surface area contributed by atoms with E-state index >= 15 is 0 Å². The molecule has 2 heterocycles. The largest absolute Gasteiger partial charge is 0.472 e. The Morgan fingerprint density at radius 2 is 2.35 bits per heavy atom. The minimum atomic E-state index is -3.12. The van der Waals surface area contributed by atoms with E-state index in [1.807, 2.05) is 6.07 Å². The minimum absolute atomic E-state index is 0.129. The molecule has 0 bridgehead atoms. The van der Waals surface area contributed by atoms with Gasteiger partial charge in [0.2, 0.25) is 15.9 Å². The summed E-state index contributed by atoms with van der Waals surface area (Å²) in [5.41, 5.74) is 0. The maximum Gasteiger partial charge on any atom is 0.228 e. The van der Waals surface area contributed by atoms with Crippen LogP contribution in [-0.4, -0.2) is 43.2 Å². The summed E-state index contributed by atoms with van der Waals surface area (Å²) in [7, 11) is -3.12. The molecule has 0 spiro atoms. The van der Waals surface area contributed by atoms with Crippen molar-refractivity contribution in [2.45, 2.75) is 12.5 Å². The van der Waals surface area contributed by atoms with Crippen molar-refractivity contribution in [2.75, 3.05) is 19.3 Å². The Kier molecular flexibility index (Phi) is 3.70. The molecule has 1 aromatic heterocycles. The highest BCUT2D eigenvalue weighted by Gasteiger charge is 2.30. The zero-order valence-electron chi connectivity index (χ0n) is 9.34. The Hall–Kier alpha value is -0.660. The van der Waals surface area contributed by atoms with E-state index in [9.17, 15) is 8.42 Å². The van der Waals surface area contributed by atoms with E-state index in [2.05, 4.69) is 20.9 Å². The molecule has 2 rings (SSSR count). The second kappa shape index (κ2) is 4.91. The maximum atomic E-state index is 11.3. The average Bonchev–Trinajstić information content (AvgIpc) is 2.69. The van der Waals surface area contributed by atoms with Crippen molar-refractivity contribution in [1.29, 1.82) is 0 Å². The lowest BCUT2D eigenvalue weighted by Gasteiger charge is -2.15. The molecule has 0 unspecified atom stereocenters. The molecule has 0 amide bonds. The highest BCUT2D eigenvalue weighted by molar-refractivity contribution is 9.10. The molecule has 0 saturated carbocycles. The van der Waals surface area contributed by atoms with Gasteiger partial charge in [0.25, 0.3) is 0 Å². The van der Waals surface area contributed by atoms with Crippen LogP contribution in [0.25, 0.3) is 0 Å². The first kappa shape index (κ1) is 12.8. The van der Waals surface area contributed by atoms with Gasteiger partial charge in [-0.1, -0.05) is 0 Å².